The average molecular weight is 234 g/mol. The predicted molar refractivity (Wildman–Crippen MR) is 65.8 cm³/mol. The second-order valence-electron chi connectivity index (χ2n) is 3.01. The van der Waals surface area contributed by atoms with Crippen molar-refractivity contribution < 1.29 is 4.79 Å². The topological polar surface area (TPSA) is 17.1 Å². The molecule has 76 valence electrons. The number of thiophene rings is 1. The summed E-state index contributed by atoms with van der Waals surface area (Å²) < 4.78 is 1.19. The Morgan fingerprint density at radius 1 is 1.13 bits per heavy atom. The third-order valence-electron chi connectivity index (χ3n) is 1.94. The number of rotatable bonds is 4. The maximum Gasteiger partial charge on any atom is 0.173 e. The van der Waals surface area contributed by atoms with E-state index in [1.807, 2.05) is 47.8 Å². The van der Waals surface area contributed by atoms with Crippen molar-refractivity contribution in [2.45, 2.75) is 4.21 Å². The summed E-state index contributed by atoms with van der Waals surface area (Å²) in [6.45, 7) is 0. The molecule has 1 aromatic heterocycles. The molecule has 0 saturated heterocycles. The van der Waals surface area contributed by atoms with Gasteiger partial charge in [-0.2, -0.15) is 0 Å². The molecular weight excluding hydrogens is 224 g/mol. The molecule has 1 nitrogen and oxygen atoms in total. The van der Waals surface area contributed by atoms with Crippen molar-refractivity contribution in [1.82, 2.24) is 0 Å². The van der Waals surface area contributed by atoms with Crippen molar-refractivity contribution in [1.29, 1.82) is 0 Å². The van der Waals surface area contributed by atoms with E-state index < -0.39 is 0 Å². The van der Waals surface area contributed by atoms with Crippen molar-refractivity contribution in [2.75, 3.05) is 5.75 Å². The van der Waals surface area contributed by atoms with Crippen LogP contribution < -0.4 is 0 Å². The Labute approximate surface area is 97.1 Å². The zero-order valence-electron chi connectivity index (χ0n) is 8.05. The molecule has 0 amide bonds. The summed E-state index contributed by atoms with van der Waals surface area (Å²) in [6, 6.07) is 13.5. The number of hydrogen-bond donors (Lipinski definition) is 0. The minimum absolute atomic E-state index is 0.189. The van der Waals surface area contributed by atoms with Crippen LogP contribution in [0.3, 0.4) is 0 Å². The SMILES string of the molecule is O=C(CSc1cccs1)c1ccccc1. The van der Waals surface area contributed by atoms with Crippen LogP contribution in [0.15, 0.2) is 52.1 Å². The highest BCUT2D eigenvalue weighted by atomic mass is 32.2. The Kier molecular flexibility index (Phi) is 3.59. The molecule has 0 saturated carbocycles. The summed E-state index contributed by atoms with van der Waals surface area (Å²) in [5.74, 6) is 0.707. The van der Waals surface area contributed by atoms with E-state index in [1.165, 1.54) is 4.21 Å². The summed E-state index contributed by atoms with van der Waals surface area (Å²) in [6.07, 6.45) is 0. The summed E-state index contributed by atoms with van der Waals surface area (Å²) in [4.78, 5) is 11.7. The molecule has 0 bridgehead atoms. The molecule has 15 heavy (non-hydrogen) atoms. The average Bonchev–Trinajstić information content (AvgIpc) is 2.80. The zero-order valence-corrected chi connectivity index (χ0v) is 9.68. The number of ketones is 1. The second kappa shape index (κ2) is 5.14. The van der Waals surface area contributed by atoms with E-state index in [0.717, 1.165) is 5.56 Å². The minimum atomic E-state index is 0.189. The van der Waals surface area contributed by atoms with Gasteiger partial charge in [0.1, 0.15) is 0 Å². The number of benzene rings is 1. The smallest absolute Gasteiger partial charge is 0.173 e. The van der Waals surface area contributed by atoms with Gasteiger partial charge in [0.2, 0.25) is 0 Å². The van der Waals surface area contributed by atoms with Crippen molar-refractivity contribution in [3.8, 4) is 0 Å². The maximum atomic E-state index is 11.7. The zero-order chi connectivity index (χ0) is 10.5. The lowest BCUT2D eigenvalue weighted by molar-refractivity contribution is 0.102. The maximum absolute atomic E-state index is 11.7. The Morgan fingerprint density at radius 3 is 2.60 bits per heavy atom. The van der Waals surface area contributed by atoms with Crippen LogP contribution in [0.25, 0.3) is 0 Å². The van der Waals surface area contributed by atoms with Gasteiger partial charge < -0.3 is 0 Å². The molecule has 0 aliphatic heterocycles. The molecule has 0 fully saturated rings. The first-order valence-corrected chi connectivity index (χ1v) is 6.47. The van der Waals surface area contributed by atoms with Crippen molar-refractivity contribution in [3.63, 3.8) is 0 Å². The van der Waals surface area contributed by atoms with Crippen LogP contribution in [0.4, 0.5) is 0 Å². The number of hydrogen-bond acceptors (Lipinski definition) is 3. The van der Waals surface area contributed by atoms with E-state index in [4.69, 9.17) is 0 Å². The van der Waals surface area contributed by atoms with Gasteiger partial charge >= 0.3 is 0 Å². The van der Waals surface area contributed by atoms with Crippen LogP contribution in [-0.4, -0.2) is 11.5 Å². The second-order valence-corrected chi connectivity index (χ2v) is 5.23. The standard InChI is InChI=1S/C12H10OS2/c13-11(10-5-2-1-3-6-10)9-15-12-7-4-8-14-12/h1-8H,9H2. The summed E-state index contributed by atoms with van der Waals surface area (Å²) >= 11 is 3.27. The highest BCUT2D eigenvalue weighted by Gasteiger charge is 2.05. The lowest BCUT2D eigenvalue weighted by Gasteiger charge is -1.98. The lowest BCUT2D eigenvalue weighted by Crippen LogP contribution is -2.01. The highest BCUT2D eigenvalue weighted by Crippen LogP contribution is 2.23. The molecule has 0 atom stereocenters. The Morgan fingerprint density at radius 2 is 1.93 bits per heavy atom. The van der Waals surface area contributed by atoms with Gasteiger partial charge in [0.05, 0.1) is 9.96 Å². The fraction of sp³-hybridized carbons (Fsp3) is 0.0833. The molecule has 2 rings (SSSR count). The first kappa shape index (κ1) is 10.5. The molecule has 0 aliphatic rings. The van der Waals surface area contributed by atoms with E-state index >= 15 is 0 Å². The monoisotopic (exact) mass is 234 g/mol. The van der Waals surface area contributed by atoms with Gasteiger partial charge in [-0.15, -0.1) is 23.1 Å². The van der Waals surface area contributed by atoms with E-state index in [9.17, 15) is 4.79 Å². The van der Waals surface area contributed by atoms with E-state index in [1.54, 1.807) is 23.1 Å². The Hall–Kier alpha value is -1.06. The van der Waals surface area contributed by atoms with E-state index in [-0.39, 0.29) is 5.78 Å². The number of Topliss-reactive ketones (excluding diaryl/α,β-unsaturated/α-hetero) is 1. The van der Waals surface area contributed by atoms with Gasteiger partial charge in [0.25, 0.3) is 0 Å². The quantitative estimate of drug-likeness (QED) is 0.592. The fourth-order valence-corrected chi connectivity index (χ4v) is 2.87. The Bertz CT molecular complexity index is 420. The van der Waals surface area contributed by atoms with Crippen LogP contribution in [0.1, 0.15) is 10.4 Å². The number of thioether (sulfide) groups is 1. The summed E-state index contributed by atoms with van der Waals surface area (Å²) in [5.41, 5.74) is 0.793. The van der Waals surface area contributed by atoms with Gasteiger partial charge in [-0.1, -0.05) is 36.4 Å². The van der Waals surface area contributed by atoms with Gasteiger partial charge in [-0.25, -0.2) is 0 Å². The summed E-state index contributed by atoms with van der Waals surface area (Å²) in [7, 11) is 0. The first-order chi connectivity index (χ1) is 7.36. The van der Waals surface area contributed by atoms with Gasteiger partial charge in [0.15, 0.2) is 5.78 Å². The van der Waals surface area contributed by atoms with Crippen LogP contribution in [0.2, 0.25) is 0 Å². The number of carbonyl (C=O) groups excluding carboxylic acids is 1. The molecule has 2 aromatic rings. The molecule has 3 heteroatoms. The normalized spacial score (nSPS) is 10.1. The Balaban J connectivity index is 1.94. The van der Waals surface area contributed by atoms with Crippen LogP contribution in [0.5, 0.6) is 0 Å². The van der Waals surface area contributed by atoms with Crippen LogP contribution in [-0.2, 0) is 0 Å². The third kappa shape index (κ3) is 2.94. The van der Waals surface area contributed by atoms with Crippen molar-refractivity contribution in [2.24, 2.45) is 0 Å². The molecule has 0 aliphatic carbocycles. The van der Waals surface area contributed by atoms with E-state index in [0.29, 0.717) is 5.75 Å². The predicted octanol–water partition coefficient (Wildman–Crippen LogP) is 3.72. The molecule has 0 N–H and O–H groups in total. The molecule has 0 radical (unpaired) electrons. The first-order valence-electron chi connectivity index (χ1n) is 4.61. The highest BCUT2D eigenvalue weighted by molar-refractivity contribution is 8.01. The largest absolute Gasteiger partial charge is 0.293 e. The van der Waals surface area contributed by atoms with Crippen molar-refractivity contribution >= 4 is 28.9 Å². The molecular formula is C12H10OS2. The van der Waals surface area contributed by atoms with Crippen LogP contribution in [0, 0.1) is 0 Å². The molecule has 0 spiro atoms. The van der Waals surface area contributed by atoms with Gasteiger partial charge in [-0.05, 0) is 11.4 Å². The minimum Gasteiger partial charge on any atom is -0.293 e. The molecule has 1 aromatic carbocycles. The number of carbonyl (C=O) groups is 1. The van der Waals surface area contributed by atoms with Gasteiger partial charge in [-0.3, -0.25) is 4.79 Å². The van der Waals surface area contributed by atoms with E-state index in [2.05, 4.69) is 0 Å². The van der Waals surface area contributed by atoms with Crippen LogP contribution >= 0.6 is 23.1 Å². The summed E-state index contributed by atoms with van der Waals surface area (Å²) in [5, 5.41) is 2.02. The fourth-order valence-electron chi connectivity index (χ4n) is 1.19. The van der Waals surface area contributed by atoms with Crippen molar-refractivity contribution in [3.05, 3.63) is 53.4 Å². The lowest BCUT2D eigenvalue weighted by atomic mass is 10.2. The molecule has 0 unspecified atom stereocenters. The molecule has 1 heterocycles. The van der Waals surface area contributed by atoms with Gasteiger partial charge in [0, 0.05) is 5.56 Å². The third-order valence-corrected chi connectivity index (χ3v) is 4.07.